The topological polar surface area (TPSA) is 85.4 Å². The molecule has 1 N–H and O–H groups in total. The lowest BCUT2D eigenvalue weighted by Crippen LogP contribution is -2.74. The summed E-state index contributed by atoms with van der Waals surface area (Å²) in [6.45, 7) is 3.58. The van der Waals surface area contributed by atoms with E-state index in [1.807, 2.05) is 67.6 Å². The molecule has 2 aromatic carbocycles. The quantitative estimate of drug-likeness (QED) is 0.452. The number of carbonyl (C=O) groups is 3. The van der Waals surface area contributed by atoms with Crippen molar-refractivity contribution in [3.8, 4) is 12.3 Å². The van der Waals surface area contributed by atoms with Crippen molar-refractivity contribution in [3.63, 3.8) is 0 Å². The maximum Gasteiger partial charge on any atom is 0.334 e. The highest BCUT2D eigenvalue weighted by Crippen LogP contribution is 2.34. The minimum atomic E-state index is -0.850. The summed E-state index contributed by atoms with van der Waals surface area (Å²) in [6.07, 6.45) is 4.87. The standard InChI is InChI=1S/C27H31N5O4/c1-3-15-30-20-24(33)31-23(32(30)27(35)28-18-21-11-7-5-8-12-21)19-29(16-17-36-4-2)26(34)25(31)22-13-9-6-10-14-22/h1,5-14,23,25H,4,15-20H2,2H3,(H,28,35)/t23-,25-/m0/s1. The first kappa shape index (κ1) is 25.2. The number of nitrogens with one attached hydrogen (secondary N) is 1. The number of amides is 4. The Morgan fingerprint density at radius 2 is 1.81 bits per heavy atom. The van der Waals surface area contributed by atoms with Gasteiger partial charge in [-0.25, -0.2) is 9.80 Å². The molecule has 0 aromatic heterocycles. The average molecular weight is 490 g/mol. The summed E-state index contributed by atoms with van der Waals surface area (Å²) >= 11 is 0. The van der Waals surface area contributed by atoms with Crippen molar-refractivity contribution in [3.05, 3.63) is 71.8 Å². The molecule has 4 rings (SSSR count). The van der Waals surface area contributed by atoms with Gasteiger partial charge in [-0.2, -0.15) is 5.01 Å². The van der Waals surface area contributed by atoms with Gasteiger partial charge in [0.1, 0.15) is 12.2 Å². The lowest BCUT2D eigenvalue weighted by Gasteiger charge is -2.54. The second-order valence-corrected chi connectivity index (χ2v) is 8.59. The molecule has 2 aliphatic heterocycles. The molecule has 2 saturated heterocycles. The van der Waals surface area contributed by atoms with Crippen molar-refractivity contribution in [1.82, 2.24) is 25.1 Å². The Hall–Kier alpha value is -3.87. The van der Waals surface area contributed by atoms with Gasteiger partial charge in [0.2, 0.25) is 11.8 Å². The number of hydrogen-bond acceptors (Lipinski definition) is 5. The molecular weight excluding hydrogens is 458 g/mol. The van der Waals surface area contributed by atoms with Crippen LogP contribution in [-0.2, 0) is 20.9 Å². The van der Waals surface area contributed by atoms with Crippen molar-refractivity contribution in [2.24, 2.45) is 0 Å². The minimum Gasteiger partial charge on any atom is -0.380 e. The number of nitrogens with zero attached hydrogens (tertiary/aromatic N) is 4. The van der Waals surface area contributed by atoms with Crippen LogP contribution in [-0.4, -0.2) is 83.2 Å². The third-order valence-corrected chi connectivity index (χ3v) is 6.31. The van der Waals surface area contributed by atoms with E-state index in [1.165, 1.54) is 9.91 Å². The highest BCUT2D eigenvalue weighted by molar-refractivity contribution is 5.92. The van der Waals surface area contributed by atoms with Gasteiger partial charge in [0.05, 0.1) is 26.2 Å². The fraction of sp³-hybridized carbons (Fsp3) is 0.370. The van der Waals surface area contributed by atoms with E-state index >= 15 is 0 Å². The van der Waals surface area contributed by atoms with Crippen molar-refractivity contribution in [1.29, 1.82) is 0 Å². The van der Waals surface area contributed by atoms with Crippen LogP contribution >= 0.6 is 0 Å². The van der Waals surface area contributed by atoms with Crippen LogP contribution in [0.3, 0.4) is 0 Å². The van der Waals surface area contributed by atoms with E-state index in [4.69, 9.17) is 11.2 Å². The maximum atomic E-state index is 13.6. The normalized spacial score (nSPS) is 20.2. The molecule has 9 nitrogen and oxygen atoms in total. The number of urea groups is 1. The maximum absolute atomic E-state index is 13.6. The van der Waals surface area contributed by atoms with E-state index in [0.717, 1.165) is 5.56 Å². The van der Waals surface area contributed by atoms with Gasteiger partial charge in [-0.1, -0.05) is 66.6 Å². The van der Waals surface area contributed by atoms with E-state index in [1.54, 1.807) is 9.91 Å². The van der Waals surface area contributed by atoms with Crippen LogP contribution in [0.5, 0.6) is 0 Å². The van der Waals surface area contributed by atoms with Crippen LogP contribution in [0.15, 0.2) is 60.7 Å². The SMILES string of the molecule is C#CCN1CC(=O)N2[C@@H](c3ccccc3)C(=O)N(CCOCC)C[C@@H]2N1C(=O)NCc1ccccc1. The second kappa shape index (κ2) is 11.7. The number of ether oxygens (including phenoxy) is 1. The monoisotopic (exact) mass is 489 g/mol. The molecule has 0 radical (unpaired) electrons. The first-order valence-corrected chi connectivity index (χ1v) is 12.1. The van der Waals surface area contributed by atoms with Crippen molar-refractivity contribution >= 4 is 17.8 Å². The van der Waals surface area contributed by atoms with Crippen LogP contribution in [0, 0.1) is 12.3 Å². The number of piperazine rings is 1. The molecule has 2 heterocycles. The Kier molecular flexibility index (Phi) is 8.21. The predicted molar refractivity (Wildman–Crippen MR) is 134 cm³/mol. The Morgan fingerprint density at radius 1 is 1.11 bits per heavy atom. The van der Waals surface area contributed by atoms with Crippen LogP contribution in [0.2, 0.25) is 0 Å². The zero-order valence-electron chi connectivity index (χ0n) is 20.4. The molecule has 188 valence electrons. The molecule has 36 heavy (non-hydrogen) atoms. The van der Waals surface area contributed by atoms with Gasteiger partial charge in [-0.15, -0.1) is 6.42 Å². The Bertz CT molecular complexity index is 1100. The molecule has 4 amide bonds. The molecule has 2 fully saturated rings. The minimum absolute atomic E-state index is 0.0811. The van der Waals surface area contributed by atoms with E-state index in [2.05, 4.69) is 11.2 Å². The van der Waals surface area contributed by atoms with Crippen molar-refractivity contribution in [2.45, 2.75) is 25.7 Å². The zero-order chi connectivity index (χ0) is 25.5. The van der Waals surface area contributed by atoms with E-state index in [0.29, 0.717) is 31.9 Å². The van der Waals surface area contributed by atoms with Gasteiger partial charge in [0, 0.05) is 19.7 Å². The number of terminal acetylenes is 1. The highest BCUT2D eigenvalue weighted by Gasteiger charge is 2.51. The van der Waals surface area contributed by atoms with E-state index in [9.17, 15) is 14.4 Å². The predicted octanol–water partition coefficient (Wildman–Crippen LogP) is 1.84. The van der Waals surface area contributed by atoms with Gasteiger partial charge in [0.15, 0.2) is 0 Å². The number of rotatable bonds is 8. The molecule has 0 bridgehead atoms. The third kappa shape index (κ3) is 5.35. The van der Waals surface area contributed by atoms with Crippen LogP contribution < -0.4 is 5.32 Å². The molecule has 0 saturated carbocycles. The Balaban J connectivity index is 1.67. The van der Waals surface area contributed by atoms with Gasteiger partial charge in [-0.05, 0) is 18.1 Å². The lowest BCUT2D eigenvalue weighted by molar-refractivity contribution is -0.190. The fourth-order valence-corrected chi connectivity index (χ4v) is 4.66. The van der Waals surface area contributed by atoms with Crippen LogP contribution in [0.1, 0.15) is 24.1 Å². The van der Waals surface area contributed by atoms with Gasteiger partial charge < -0.3 is 19.9 Å². The molecule has 0 aliphatic carbocycles. The summed E-state index contributed by atoms with van der Waals surface area (Å²) < 4.78 is 5.50. The summed E-state index contributed by atoms with van der Waals surface area (Å²) in [6, 6.07) is 17.5. The Morgan fingerprint density at radius 3 is 2.47 bits per heavy atom. The molecule has 0 spiro atoms. The van der Waals surface area contributed by atoms with Crippen molar-refractivity contribution in [2.75, 3.05) is 39.4 Å². The van der Waals surface area contributed by atoms with E-state index < -0.39 is 12.2 Å². The molecule has 2 aromatic rings. The molecular formula is C27H31N5O4. The summed E-state index contributed by atoms with van der Waals surface area (Å²) in [4.78, 5) is 43.8. The second-order valence-electron chi connectivity index (χ2n) is 8.59. The summed E-state index contributed by atoms with van der Waals surface area (Å²) in [5, 5.41) is 6.02. The smallest absolute Gasteiger partial charge is 0.334 e. The summed E-state index contributed by atoms with van der Waals surface area (Å²) in [7, 11) is 0. The summed E-state index contributed by atoms with van der Waals surface area (Å²) in [5.74, 6) is 2.10. The van der Waals surface area contributed by atoms with Gasteiger partial charge >= 0.3 is 6.03 Å². The van der Waals surface area contributed by atoms with E-state index in [-0.39, 0.29) is 37.5 Å². The summed E-state index contributed by atoms with van der Waals surface area (Å²) in [5.41, 5.74) is 1.63. The molecule has 2 atom stereocenters. The lowest BCUT2D eigenvalue weighted by atomic mass is 9.99. The van der Waals surface area contributed by atoms with Crippen LogP contribution in [0.25, 0.3) is 0 Å². The number of hydrazine groups is 1. The third-order valence-electron chi connectivity index (χ3n) is 6.31. The van der Waals surface area contributed by atoms with Gasteiger partial charge in [0.25, 0.3) is 0 Å². The number of hydrogen-bond donors (Lipinski definition) is 1. The molecule has 2 aliphatic rings. The largest absolute Gasteiger partial charge is 0.380 e. The van der Waals surface area contributed by atoms with Crippen LogP contribution in [0.4, 0.5) is 4.79 Å². The molecule has 9 heteroatoms. The van der Waals surface area contributed by atoms with Gasteiger partial charge in [-0.3, -0.25) is 9.59 Å². The first-order valence-electron chi connectivity index (χ1n) is 12.1. The van der Waals surface area contributed by atoms with Crippen molar-refractivity contribution < 1.29 is 19.1 Å². The zero-order valence-corrected chi connectivity index (χ0v) is 20.4. The highest BCUT2D eigenvalue weighted by atomic mass is 16.5. The number of carbonyl (C=O) groups excluding carboxylic acids is 3. The molecule has 0 unspecified atom stereocenters. The first-order chi connectivity index (χ1) is 17.5. The average Bonchev–Trinajstić information content (AvgIpc) is 2.89. The number of benzene rings is 2. The number of fused-ring (bicyclic) bond motifs is 1. The fourth-order valence-electron chi connectivity index (χ4n) is 4.66. The Labute approximate surface area is 211 Å².